The molecule has 5 rings (SSSR count). The van der Waals surface area contributed by atoms with Gasteiger partial charge in [-0.25, -0.2) is 0 Å². The third kappa shape index (κ3) is 3.17. The van der Waals surface area contributed by atoms with Crippen LogP contribution in [-0.4, -0.2) is 83.5 Å². The molecular weight excluding hydrogens is 432 g/mol. The molecule has 0 bridgehead atoms. The number of amides is 5. The maximum atomic E-state index is 13.5. The number of benzene rings is 1. The average molecular weight is 455 g/mol. The lowest BCUT2D eigenvalue weighted by atomic mass is 9.78. The minimum atomic E-state index is -0.842. The molecule has 3 aliphatic rings. The van der Waals surface area contributed by atoms with Crippen LogP contribution in [0.1, 0.15) is 33.4 Å². The molecule has 0 atom stereocenters. The molecule has 1 aromatic carbocycles. The van der Waals surface area contributed by atoms with Crippen LogP contribution in [0.4, 0.5) is 0 Å². The number of hydrogen-bond donors (Lipinski definition) is 1. The lowest BCUT2D eigenvalue weighted by Crippen LogP contribution is -2.61. The van der Waals surface area contributed by atoms with Crippen molar-refractivity contribution in [1.29, 1.82) is 0 Å². The van der Waals surface area contributed by atoms with Crippen molar-refractivity contribution in [3.05, 3.63) is 34.7 Å². The quantitative estimate of drug-likeness (QED) is 0.672. The predicted molar refractivity (Wildman–Crippen MR) is 116 cm³/mol. The van der Waals surface area contributed by atoms with E-state index in [1.165, 1.54) is 23.2 Å². The highest BCUT2D eigenvalue weighted by molar-refractivity contribution is 7.21. The van der Waals surface area contributed by atoms with Crippen molar-refractivity contribution in [3.63, 3.8) is 0 Å². The molecule has 9 nitrogen and oxygen atoms in total. The van der Waals surface area contributed by atoms with Crippen molar-refractivity contribution >= 4 is 51.0 Å². The summed E-state index contributed by atoms with van der Waals surface area (Å²) in [4.78, 5) is 67.5. The molecule has 1 aromatic heterocycles. The summed E-state index contributed by atoms with van der Waals surface area (Å²) in [5.74, 6) is -1.19. The summed E-state index contributed by atoms with van der Waals surface area (Å²) in [5, 5.41) is 3.02. The monoisotopic (exact) mass is 454 g/mol. The Morgan fingerprint density at radius 3 is 2.22 bits per heavy atom. The highest BCUT2D eigenvalue weighted by atomic mass is 32.1. The van der Waals surface area contributed by atoms with E-state index in [4.69, 9.17) is 0 Å². The number of hydrogen-bond acceptors (Lipinski definition) is 6. The van der Waals surface area contributed by atoms with E-state index in [0.29, 0.717) is 42.0 Å². The van der Waals surface area contributed by atoms with E-state index in [-0.39, 0.29) is 49.0 Å². The SMILES string of the molecule is CC(=O)N1CCN(C(=O)c2sc3ccccc3c2C(=O)N2CC3(CC(=O)NC3=O)C2)CC1. The fourth-order valence-electron chi connectivity index (χ4n) is 4.71. The molecule has 166 valence electrons. The van der Waals surface area contributed by atoms with Gasteiger partial charge >= 0.3 is 0 Å². The van der Waals surface area contributed by atoms with Crippen molar-refractivity contribution in [3.8, 4) is 0 Å². The maximum absolute atomic E-state index is 13.5. The lowest BCUT2D eigenvalue weighted by Gasteiger charge is -2.45. The predicted octanol–water partition coefficient (Wildman–Crippen LogP) is 0.694. The Balaban J connectivity index is 1.42. The number of rotatable bonds is 2. The van der Waals surface area contributed by atoms with Crippen molar-refractivity contribution in [1.82, 2.24) is 20.0 Å². The first-order valence-electron chi connectivity index (χ1n) is 10.5. The van der Waals surface area contributed by atoms with E-state index in [2.05, 4.69) is 5.32 Å². The number of likely N-dealkylation sites (tertiary alicyclic amines) is 1. The minimum absolute atomic E-state index is 0.0176. The molecule has 2 aromatic rings. The third-order valence-electron chi connectivity index (χ3n) is 6.52. The minimum Gasteiger partial charge on any atom is -0.339 e. The van der Waals surface area contributed by atoms with Crippen LogP contribution in [0.5, 0.6) is 0 Å². The summed E-state index contributed by atoms with van der Waals surface area (Å²) in [6, 6.07) is 7.39. The van der Waals surface area contributed by atoms with Crippen LogP contribution in [0.3, 0.4) is 0 Å². The molecular formula is C22H22N4O5S. The van der Waals surface area contributed by atoms with Crippen molar-refractivity contribution < 1.29 is 24.0 Å². The smallest absolute Gasteiger partial charge is 0.264 e. The van der Waals surface area contributed by atoms with E-state index < -0.39 is 5.41 Å². The zero-order valence-electron chi connectivity index (χ0n) is 17.6. The van der Waals surface area contributed by atoms with Crippen LogP contribution in [0.25, 0.3) is 10.1 Å². The molecule has 0 unspecified atom stereocenters. The van der Waals surface area contributed by atoms with E-state index in [1.807, 2.05) is 24.3 Å². The molecule has 5 amide bonds. The summed E-state index contributed by atoms with van der Waals surface area (Å²) < 4.78 is 0.839. The molecule has 0 radical (unpaired) electrons. The first kappa shape index (κ1) is 20.6. The average Bonchev–Trinajstić information content (AvgIpc) is 3.28. The summed E-state index contributed by atoms with van der Waals surface area (Å²) in [7, 11) is 0. The van der Waals surface area contributed by atoms with Gasteiger partial charge in [-0.1, -0.05) is 18.2 Å². The van der Waals surface area contributed by atoms with Gasteiger partial charge in [0.05, 0.1) is 11.0 Å². The highest BCUT2D eigenvalue weighted by Gasteiger charge is 2.56. The van der Waals surface area contributed by atoms with E-state index >= 15 is 0 Å². The highest BCUT2D eigenvalue weighted by Crippen LogP contribution is 2.41. The molecule has 0 aliphatic carbocycles. The molecule has 1 N–H and O–H groups in total. The van der Waals surface area contributed by atoms with Gasteiger partial charge < -0.3 is 14.7 Å². The summed E-state index contributed by atoms with van der Waals surface area (Å²) in [5.41, 5.74) is -0.490. The fraction of sp³-hybridized carbons (Fsp3) is 0.409. The van der Waals surface area contributed by atoms with Crippen LogP contribution < -0.4 is 5.32 Å². The first-order valence-corrected chi connectivity index (χ1v) is 11.3. The molecule has 3 saturated heterocycles. The van der Waals surface area contributed by atoms with Crippen LogP contribution in [0.15, 0.2) is 24.3 Å². The van der Waals surface area contributed by atoms with Gasteiger partial charge in [-0.05, 0) is 6.07 Å². The van der Waals surface area contributed by atoms with Gasteiger partial charge in [0.2, 0.25) is 17.7 Å². The zero-order valence-corrected chi connectivity index (χ0v) is 18.4. The third-order valence-corrected chi connectivity index (χ3v) is 7.68. The van der Waals surface area contributed by atoms with E-state index in [9.17, 15) is 24.0 Å². The van der Waals surface area contributed by atoms with Crippen molar-refractivity contribution in [2.45, 2.75) is 13.3 Å². The van der Waals surface area contributed by atoms with E-state index in [0.717, 1.165) is 4.70 Å². The first-order chi connectivity index (χ1) is 15.3. The van der Waals surface area contributed by atoms with Crippen molar-refractivity contribution in [2.24, 2.45) is 5.41 Å². The standard InChI is InChI=1S/C22H22N4O5S/c1-13(27)24-6-8-25(9-7-24)20(30)18-17(14-4-2-3-5-15(14)32-18)19(29)26-11-22(12-26)10-16(28)23-21(22)31/h2-5H,6-12H2,1H3,(H,23,28,31). The Morgan fingerprint density at radius 2 is 1.59 bits per heavy atom. The molecule has 4 heterocycles. The maximum Gasteiger partial charge on any atom is 0.264 e. The Bertz CT molecular complexity index is 1170. The zero-order chi connectivity index (χ0) is 22.6. The number of nitrogens with one attached hydrogen (secondary N) is 1. The molecule has 0 saturated carbocycles. The summed E-state index contributed by atoms with van der Waals surface area (Å²) >= 11 is 1.29. The number of piperazine rings is 1. The molecule has 3 aliphatic heterocycles. The second-order valence-corrected chi connectivity index (χ2v) is 9.65. The number of nitrogens with zero attached hydrogens (tertiary/aromatic N) is 3. The topological polar surface area (TPSA) is 107 Å². The van der Waals surface area contributed by atoms with Gasteiger partial charge in [-0.2, -0.15) is 0 Å². The molecule has 1 spiro atoms. The van der Waals surface area contributed by atoms with Crippen molar-refractivity contribution in [2.75, 3.05) is 39.3 Å². The summed E-state index contributed by atoms with van der Waals surface area (Å²) in [6.07, 6.45) is 0.0895. The Kier molecular flexibility index (Phi) is 4.77. The molecule has 10 heteroatoms. The van der Waals surface area contributed by atoms with Gasteiger partial charge in [0.1, 0.15) is 4.88 Å². The number of thiophene rings is 1. The van der Waals surface area contributed by atoms with Gasteiger partial charge in [-0.15, -0.1) is 11.3 Å². The number of carbonyl (C=O) groups is 5. The number of imide groups is 1. The summed E-state index contributed by atoms with van der Waals surface area (Å²) in [6.45, 7) is 3.60. The fourth-order valence-corrected chi connectivity index (χ4v) is 5.87. The van der Waals surface area contributed by atoms with Crippen LogP contribution in [-0.2, 0) is 14.4 Å². The van der Waals surface area contributed by atoms with Crippen LogP contribution in [0, 0.1) is 5.41 Å². The Labute approximate surface area is 187 Å². The Morgan fingerprint density at radius 1 is 0.938 bits per heavy atom. The number of carbonyl (C=O) groups excluding carboxylic acids is 5. The van der Waals surface area contributed by atoms with Gasteiger partial charge in [-0.3, -0.25) is 29.3 Å². The van der Waals surface area contributed by atoms with Gasteiger partial charge in [0.15, 0.2) is 0 Å². The van der Waals surface area contributed by atoms with Crippen LogP contribution >= 0.6 is 11.3 Å². The Hall–Kier alpha value is -3.27. The lowest BCUT2D eigenvalue weighted by molar-refractivity contribution is -0.134. The molecule has 32 heavy (non-hydrogen) atoms. The molecule has 3 fully saturated rings. The second-order valence-electron chi connectivity index (χ2n) is 8.60. The largest absolute Gasteiger partial charge is 0.339 e. The number of fused-ring (bicyclic) bond motifs is 1. The van der Waals surface area contributed by atoms with Gasteiger partial charge in [0, 0.05) is 62.7 Å². The van der Waals surface area contributed by atoms with Crippen LogP contribution in [0.2, 0.25) is 0 Å². The van der Waals surface area contributed by atoms with Gasteiger partial charge in [0.25, 0.3) is 11.8 Å². The normalized spacial score (nSPS) is 20.0. The van der Waals surface area contributed by atoms with E-state index in [1.54, 1.807) is 9.80 Å². The second kappa shape index (κ2) is 7.40.